The molecule has 0 spiro atoms. The normalized spacial score (nSPS) is 13.6. The predicted molar refractivity (Wildman–Crippen MR) is 113 cm³/mol. The first-order valence-electron chi connectivity index (χ1n) is 9.05. The Morgan fingerprint density at radius 1 is 0.966 bits per heavy atom. The van der Waals surface area contributed by atoms with Crippen molar-refractivity contribution in [3.05, 3.63) is 82.6 Å². The maximum Gasteiger partial charge on any atom is 0.227 e. The highest BCUT2D eigenvalue weighted by Crippen LogP contribution is 2.18. The maximum absolute atomic E-state index is 13.2. The van der Waals surface area contributed by atoms with Crippen LogP contribution in [0.15, 0.2) is 59.5 Å². The number of aromatic nitrogens is 2. The molecular weight excluding hydrogens is 416 g/mol. The van der Waals surface area contributed by atoms with Crippen molar-refractivity contribution in [2.75, 3.05) is 31.2 Å². The molecule has 0 aliphatic carbocycles. The van der Waals surface area contributed by atoms with Crippen LogP contribution in [0.5, 0.6) is 0 Å². The fourth-order valence-corrected chi connectivity index (χ4v) is 3.19. The van der Waals surface area contributed by atoms with E-state index in [9.17, 15) is 8.78 Å². The SMILES string of the molecule is Fc1cccc(Cc2cc(Cl)nc(N3CCOCC3)n2)c1.Fc1cccc(S)c1. The monoisotopic (exact) mass is 435 g/mol. The quantitative estimate of drug-likeness (QED) is 0.473. The molecule has 0 amide bonds. The Kier molecular flexibility index (Phi) is 7.80. The first-order valence-corrected chi connectivity index (χ1v) is 9.87. The summed E-state index contributed by atoms with van der Waals surface area (Å²) < 4.78 is 30.7. The first-order chi connectivity index (χ1) is 14.0. The summed E-state index contributed by atoms with van der Waals surface area (Å²) in [6.45, 7) is 2.82. The van der Waals surface area contributed by atoms with E-state index in [1.807, 2.05) is 11.0 Å². The number of morpholine rings is 1. The number of benzene rings is 2. The van der Waals surface area contributed by atoms with Gasteiger partial charge in [0, 0.05) is 24.4 Å². The number of ether oxygens (including phenoxy) is 1. The Morgan fingerprint density at radius 3 is 2.28 bits per heavy atom. The van der Waals surface area contributed by atoms with Crippen LogP contribution in [0.3, 0.4) is 0 Å². The van der Waals surface area contributed by atoms with Crippen molar-refractivity contribution in [3.8, 4) is 0 Å². The molecule has 1 aliphatic rings. The maximum atomic E-state index is 13.2. The van der Waals surface area contributed by atoms with E-state index in [2.05, 4.69) is 22.6 Å². The molecule has 0 radical (unpaired) electrons. The molecule has 0 N–H and O–H groups in total. The van der Waals surface area contributed by atoms with E-state index in [1.54, 1.807) is 24.3 Å². The number of thiol groups is 1. The van der Waals surface area contributed by atoms with Gasteiger partial charge < -0.3 is 9.64 Å². The van der Waals surface area contributed by atoms with Crippen LogP contribution in [0.4, 0.5) is 14.7 Å². The van der Waals surface area contributed by atoms with Gasteiger partial charge in [0.15, 0.2) is 0 Å². The lowest BCUT2D eigenvalue weighted by Gasteiger charge is -2.27. The zero-order valence-electron chi connectivity index (χ0n) is 15.6. The predicted octanol–water partition coefficient (Wildman–Crippen LogP) is 4.81. The number of anilines is 1. The number of nitrogens with zero attached hydrogens (tertiary/aromatic N) is 3. The molecule has 152 valence electrons. The van der Waals surface area contributed by atoms with E-state index in [-0.39, 0.29) is 11.6 Å². The van der Waals surface area contributed by atoms with Crippen molar-refractivity contribution in [2.24, 2.45) is 0 Å². The summed E-state index contributed by atoms with van der Waals surface area (Å²) in [6, 6.07) is 14.3. The molecule has 1 aromatic heterocycles. The molecule has 0 saturated carbocycles. The van der Waals surface area contributed by atoms with Gasteiger partial charge in [0.2, 0.25) is 5.95 Å². The Hall–Kier alpha value is -2.22. The number of hydrogen-bond donors (Lipinski definition) is 1. The molecule has 2 aromatic carbocycles. The molecule has 1 fully saturated rings. The Bertz CT molecular complexity index is 937. The van der Waals surface area contributed by atoms with Crippen LogP contribution in [0.1, 0.15) is 11.3 Å². The number of hydrogen-bond acceptors (Lipinski definition) is 5. The topological polar surface area (TPSA) is 38.2 Å². The summed E-state index contributed by atoms with van der Waals surface area (Å²) >= 11 is 10.00. The van der Waals surface area contributed by atoms with Gasteiger partial charge in [-0.1, -0.05) is 29.8 Å². The molecule has 8 heteroatoms. The second-order valence-corrected chi connectivity index (χ2v) is 7.27. The van der Waals surface area contributed by atoms with E-state index in [1.165, 1.54) is 24.3 Å². The van der Waals surface area contributed by atoms with E-state index >= 15 is 0 Å². The average Bonchev–Trinajstić information content (AvgIpc) is 2.68. The zero-order chi connectivity index (χ0) is 20.6. The summed E-state index contributed by atoms with van der Waals surface area (Å²) in [6.07, 6.45) is 0.525. The van der Waals surface area contributed by atoms with E-state index in [0.717, 1.165) is 24.3 Å². The van der Waals surface area contributed by atoms with Crippen LogP contribution < -0.4 is 4.90 Å². The van der Waals surface area contributed by atoms with Gasteiger partial charge in [-0.15, -0.1) is 12.6 Å². The molecule has 2 heterocycles. The number of rotatable bonds is 3. The Labute approximate surface area is 178 Å². The van der Waals surface area contributed by atoms with Crippen molar-refractivity contribution in [3.63, 3.8) is 0 Å². The summed E-state index contributed by atoms with van der Waals surface area (Å²) in [5.74, 6) is 0.121. The summed E-state index contributed by atoms with van der Waals surface area (Å²) in [7, 11) is 0. The Morgan fingerprint density at radius 2 is 1.66 bits per heavy atom. The summed E-state index contributed by atoms with van der Waals surface area (Å²) in [5, 5.41) is 0.401. The van der Waals surface area contributed by atoms with Crippen molar-refractivity contribution >= 4 is 30.2 Å². The fourth-order valence-electron chi connectivity index (χ4n) is 2.78. The second kappa shape index (κ2) is 10.5. The van der Waals surface area contributed by atoms with Crippen LogP contribution in [0.25, 0.3) is 0 Å². The molecule has 1 aliphatic heterocycles. The van der Waals surface area contributed by atoms with Gasteiger partial charge in [0.05, 0.1) is 18.9 Å². The van der Waals surface area contributed by atoms with E-state index in [0.29, 0.717) is 35.6 Å². The molecular formula is C21H20ClF2N3OS. The Balaban J connectivity index is 0.000000252. The first kappa shape index (κ1) is 21.5. The van der Waals surface area contributed by atoms with Crippen LogP contribution >= 0.6 is 24.2 Å². The van der Waals surface area contributed by atoms with Crippen molar-refractivity contribution in [1.82, 2.24) is 9.97 Å². The summed E-state index contributed by atoms with van der Waals surface area (Å²) in [4.78, 5) is 11.5. The molecule has 4 rings (SSSR count). The van der Waals surface area contributed by atoms with Crippen LogP contribution in [-0.2, 0) is 11.2 Å². The molecule has 0 unspecified atom stereocenters. The zero-order valence-corrected chi connectivity index (χ0v) is 17.2. The van der Waals surface area contributed by atoms with Crippen molar-refractivity contribution in [2.45, 2.75) is 11.3 Å². The van der Waals surface area contributed by atoms with Gasteiger partial charge in [0.25, 0.3) is 0 Å². The van der Waals surface area contributed by atoms with Gasteiger partial charge in [-0.05, 0) is 42.0 Å². The average molecular weight is 436 g/mol. The standard InChI is InChI=1S/C15H15ClFN3O.C6H5FS/c16-14-10-13(9-11-2-1-3-12(17)8-11)18-15(19-14)20-4-6-21-7-5-20;7-5-2-1-3-6(8)4-5/h1-3,8,10H,4-7,9H2;1-4,8H. The minimum Gasteiger partial charge on any atom is -0.378 e. The molecule has 0 atom stereocenters. The summed E-state index contributed by atoms with van der Waals surface area (Å²) in [5.41, 5.74) is 1.64. The lowest BCUT2D eigenvalue weighted by molar-refractivity contribution is 0.122. The van der Waals surface area contributed by atoms with Gasteiger partial charge in [0.1, 0.15) is 16.8 Å². The van der Waals surface area contributed by atoms with E-state index < -0.39 is 0 Å². The van der Waals surface area contributed by atoms with Crippen molar-refractivity contribution < 1.29 is 13.5 Å². The molecule has 1 saturated heterocycles. The largest absolute Gasteiger partial charge is 0.378 e. The van der Waals surface area contributed by atoms with Crippen LogP contribution in [0.2, 0.25) is 5.15 Å². The third-order valence-electron chi connectivity index (χ3n) is 4.11. The van der Waals surface area contributed by atoms with Gasteiger partial charge in [-0.25, -0.2) is 18.7 Å². The van der Waals surface area contributed by atoms with Crippen LogP contribution in [-0.4, -0.2) is 36.3 Å². The lowest BCUT2D eigenvalue weighted by atomic mass is 10.1. The van der Waals surface area contributed by atoms with E-state index in [4.69, 9.17) is 16.3 Å². The third kappa shape index (κ3) is 6.96. The number of halogens is 3. The van der Waals surface area contributed by atoms with Crippen LogP contribution in [0, 0.1) is 11.6 Å². The molecule has 0 bridgehead atoms. The highest BCUT2D eigenvalue weighted by atomic mass is 35.5. The highest BCUT2D eigenvalue weighted by Gasteiger charge is 2.15. The molecule has 4 nitrogen and oxygen atoms in total. The second-order valence-electron chi connectivity index (χ2n) is 6.37. The fraction of sp³-hybridized carbons (Fsp3) is 0.238. The minimum atomic E-state index is -0.249. The smallest absolute Gasteiger partial charge is 0.227 e. The molecule has 3 aromatic rings. The minimum absolute atomic E-state index is 0.238. The third-order valence-corrected chi connectivity index (χ3v) is 4.58. The van der Waals surface area contributed by atoms with Gasteiger partial charge in [-0.3, -0.25) is 0 Å². The lowest BCUT2D eigenvalue weighted by Crippen LogP contribution is -2.37. The highest BCUT2D eigenvalue weighted by molar-refractivity contribution is 7.80. The van der Waals surface area contributed by atoms with Crippen molar-refractivity contribution in [1.29, 1.82) is 0 Å². The molecule has 29 heavy (non-hydrogen) atoms. The van der Waals surface area contributed by atoms with Gasteiger partial charge >= 0.3 is 0 Å². The van der Waals surface area contributed by atoms with Gasteiger partial charge in [-0.2, -0.15) is 0 Å².